The average Bonchev–Trinajstić information content (AvgIpc) is 2.76. The van der Waals surface area contributed by atoms with Crippen LogP contribution in [0.1, 0.15) is 11.4 Å². The Bertz CT molecular complexity index is 1230. The van der Waals surface area contributed by atoms with Crippen LogP contribution in [-0.4, -0.2) is 20.0 Å². The molecular formula is C23H19FN4OS. The minimum Gasteiger partial charge on any atom is -0.337 e. The summed E-state index contributed by atoms with van der Waals surface area (Å²) in [6.45, 7) is 0.826. The molecule has 0 spiro atoms. The van der Waals surface area contributed by atoms with Crippen LogP contribution in [-0.2, 0) is 13.1 Å². The number of benzene rings is 3. The van der Waals surface area contributed by atoms with E-state index in [1.165, 1.54) is 12.1 Å². The summed E-state index contributed by atoms with van der Waals surface area (Å²) in [5, 5.41) is 4.12. The van der Waals surface area contributed by atoms with Crippen LogP contribution in [0, 0.1) is 5.82 Å². The first-order chi connectivity index (χ1) is 14.6. The maximum Gasteiger partial charge on any atom is 0.258 e. The number of anilines is 1. The Labute approximate surface area is 178 Å². The van der Waals surface area contributed by atoms with Crippen molar-refractivity contribution in [2.24, 2.45) is 0 Å². The van der Waals surface area contributed by atoms with E-state index < -0.39 is 0 Å². The number of hydrogen-bond acceptors (Lipinski definition) is 3. The van der Waals surface area contributed by atoms with Crippen molar-refractivity contribution in [2.45, 2.75) is 13.1 Å². The fourth-order valence-electron chi connectivity index (χ4n) is 3.13. The normalized spacial score (nSPS) is 10.7. The number of nitrogens with one attached hydrogen (secondary N) is 2. The van der Waals surface area contributed by atoms with Crippen LogP contribution in [0.4, 0.5) is 10.1 Å². The van der Waals surface area contributed by atoms with Crippen molar-refractivity contribution in [3.8, 4) is 0 Å². The summed E-state index contributed by atoms with van der Waals surface area (Å²) in [5.41, 5.74) is 2.18. The van der Waals surface area contributed by atoms with Crippen LogP contribution >= 0.6 is 12.2 Å². The lowest BCUT2D eigenvalue weighted by molar-refractivity contribution is 0.401. The van der Waals surface area contributed by atoms with Gasteiger partial charge in [-0.1, -0.05) is 42.5 Å². The molecule has 0 unspecified atom stereocenters. The highest BCUT2D eigenvalue weighted by Gasteiger charge is 2.14. The van der Waals surface area contributed by atoms with Gasteiger partial charge in [-0.2, -0.15) is 0 Å². The Hall–Kier alpha value is -3.58. The summed E-state index contributed by atoms with van der Waals surface area (Å²) in [6.07, 6.45) is 0. The highest BCUT2D eigenvalue weighted by molar-refractivity contribution is 7.80. The van der Waals surface area contributed by atoms with Gasteiger partial charge in [0.25, 0.3) is 5.56 Å². The molecule has 4 rings (SSSR count). The molecule has 0 amide bonds. The van der Waals surface area contributed by atoms with E-state index in [-0.39, 0.29) is 11.4 Å². The van der Waals surface area contributed by atoms with Crippen molar-refractivity contribution in [2.75, 3.05) is 5.32 Å². The van der Waals surface area contributed by atoms with E-state index in [1.807, 2.05) is 53.4 Å². The lowest BCUT2D eigenvalue weighted by Gasteiger charge is -2.25. The van der Waals surface area contributed by atoms with E-state index in [9.17, 15) is 9.18 Å². The number of H-pyrrole nitrogens is 1. The Morgan fingerprint density at radius 2 is 1.67 bits per heavy atom. The van der Waals surface area contributed by atoms with E-state index in [1.54, 1.807) is 18.2 Å². The van der Waals surface area contributed by atoms with Gasteiger partial charge in [-0.25, -0.2) is 9.37 Å². The van der Waals surface area contributed by atoms with Crippen molar-refractivity contribution in [3.05, 3.63) is 106 Å². The lowest BCUT2D eigenvalue weighted by atomic mass is 10.2. The molecule has 7 heteroatoms. The van der Waals surface area contributed by atoms with Gasteiger partial charge in [0.15, 0.2) is 5.11 Å². The lowest BCUT2D eigenvalue weighted by Crippen LogP contribution is -2.35. The number of nitrogens with zero attached hydrogens (tertiary/aromatic N) is 2. The standard InChI is InChI=1S/C23H19FN4OS/c24-17-10-12-18(13-11-17)25-23(30)28(14-16-6-2-1-3-7-16)15-21-26-20-9-5-4-8-19(20)22(29)27-21/h1-13H,14-15H2,(H,25,30)(H,26,27,29). The third kappa shape index (κ3) is 4.69. The second kappa shape index (κ2) is 8.84. The highest BCUT2D eigenvalue weighted by atomic mass is 32.1. The number of thiocarbonyl (C=S) groups is 1. The van der Waals surface area contributed by atoms with Gasteiger partial charge in [0, 0.05) is 12.2 Å². The Morgan fingerprint density at radius 1 is 0.967 bits per heavy atom. The van der Waals surface area contributed by atoms with Gasteiger partial charge in [0.1, 0.15) is 11.6 Å². The number of fused-ring (bicyclic) bond motifs is 1. The molecule has 0 fully saturated rings. The van der Waals surface area contributed by atoms with Gasteiger partial charge in [-0.3, -0.25) is 4.79 Å². The molecule has 0 saturated carbocycles. The van der Waals surface area contributed by atoms with Gasteiger partial charge in [-0.15, -0.1) is 0 Å². The summed E-state index contributed by atoms with van der Waals surface area (Å²) >= 11 is 5.62. The fraction of sp³-hybridized carbons (Fsp3) is 0.0870. The first kappa shape index (κ1) is 19.7. The Balaban J connectivity index is 1.62. The van der Waals surface area contributed by atoms with Gasteiger partial charge in [0.2, 0.25) is 0 Å². The molecule has 4 aromatic rings. The quantitative estimate of drug-likeness (QED) is 0.469. The molecule has 5 nitrogen and oxygen atoms in total. The van der Waals surface area contributed by atoms with E-state index in [2.05, 4.69) is 15.3 Å². The van der Waals surface area contributed by atoms with Crippen molar-refractivity contribution in [1.29, 1.82) is 0 Å². The van der Waals surface area contributed by atoms with Crippen LogP contribution in [0.2, 0.25) is 0 Å². The zero-order valence-electron chi connectivity index (χ0n) is 16.0. The maximum atomic E-state index is 13.2. The topological polar surface area (TPSA) is 61.0 Å². The number of rotatable bonds is 5. The van der Waals surface area contributed by atoms with Crippen LogP contribution in [0.3, 0.4) is 0 Å². The SMILES string of the molecule is O=c1[nH]c(CN(Cc2ccccc2)C(=S)Nc2ccc(F)cc2)nc2ccccc12. The fourth-order valence-corrected chi connectivity index (χ4v) is 3.38. The van der Waals surface area contributed by atoms with Gasteiger partial charge < -0.3 is 15.2 Å². The molecule has 1 heterocycles. The van der Waals surface area contributed by atoms with Crippen LogP contribution in [0.25, 0.3) is 10.9 Å². The van der Waals surface area contributed by atoms with Crippen molar-refractivity contribution in [3.63, 3.8) is 0 Å². The number of aromatic amines is 1. The number of aromatic nitrogens is 2. The molecule has 0 radical (unpaired) electrons. The van der Waals surface area contributed by atoms with Crippen LogP contribution in [0.15, 0.2) is 83.7 Å². The van der Waals surface area contributed by atoms with Crippen molar-refractivity contribution < 1.29 is 4.39 Å². The Kier molecular flexibility index (Phi) is 5.81. The smallest absolute Gasteiger partial charge is 0.258 e. The molecule has 0 aliphatic heterocycles. The molecule has 0 aliphatic carbocycles. The molecular weight excluding hydrogens is 399 g/mol. The highest BCUT2D eigenvalue weighted by Crippen LogP contribution is 2.14. The molecule has 0 atom stereocenters. The van der Waals surface area contributed by atoms with Crippen molar-refractivity contribution >= 4 is 33.9 Å². The number of hydrogen-bond donors (Lipinski definition) is 2. The summed E-state index contributed by atoms with van der Waals surface area (Å²) in [7, 11) is 0. The largest absolute Gasteiger partial charge is 0.337 e. The van der Waals surface area contributed by atoms with Crippen LogP contribution in [0.5, 0.6) is 0 Å². The summed E-state index contributed by atoms with van der Waals surface area (Å²) in [5.74, 6) is 0.198. The predicted octanol–water partition coefficient (Wildman–Crippen LogP) is 4.46. The first-order valence-electron chi connectivity index (χ1n) is 9.42. The Morgan fingerprint density at radius 3 is 2.43 bits per heavy atom. The summed E-state index contributed by atoms with van der Waals surface area (Å²) in [6, 6.07) is 23.1. The second-order valence-corrected chi connectivity index (χ2v) is 7.20. The minimum absolute atomic E-state index is 0.187. The summed E-state index contributed by atoms with van der Waals surface area (Å²) in [4.78, 5) is 21.8. The molecule has 0 bridgehead atoms. The van der Waals surface area contributed by atoms with Crippen LogP contribution < -0.4 is 10.9 Å². The van der Waals surface area contributed by atoms with E-state index in [0.717, 1.165) is 5.56 Å². The third-order valence-electron chi connectivity index (χ3n) is 4.60. The third-order valence-corrected chi connectivity index (χ3v) is 4.96. The second-order valence-electron chi connectivity index (χ2n) is 6.81. The molecule has 2 N–H and O–H groups in total. The van der Waals surface area contributed by atoms with E-state index in [4.69, 9.17) is 12.2 Å². The van der Waals surface area contributed by atoms with Gasteiger partial charge in [-0.05, 0) is 54.2 Å². The molecule has 3 aromatic carbocycles. The van der Waals surface area contributed by atoms with Gasteiger partial charge in [0.05, 0.1) is 17.4 Å². The summed E-state index contributed by atoms with van der Waals surface area (Å²) < 4.78 is 13.2. The van der Waals surface area contributed by atoms with E-state index in [0.29, 0.717) is 40.6 Å². The molecule has 0 saturated heterocycles. The maximum absolute atomic E-state index is 13.2. The molecule has 150 valence electrons. The predicted molar refractivity (Wildman–Crippen MR) is 121 cm³/mol. The number of halogens is 1. The molecule has 0 aliphatic rings. The zero-order valence-corrected chi connectivity index (χ0v) is 16.8. The monoisotopic (exact) mass is 418 g/mol. The zero-order chi connectivity index (χ0) is 20.9. The number of para-hydroxylation sites is 1. The first-order valence-corrected chi connectivity index (χ1v) is 9.83. The van der Waals surface area contributed by atoms with Crippen molar-refractivity contribution in [1.82, 2.24) is 14.9 Å². The molecule has 30 heavy (non-hydrogen) atoms. The average molecular weight is 418 g/mol. The minimum atomic E-state index is -0.314. The van der Waals surface area contributed by atoms with Gasteiger partial charge >= 0.3 is 0 Å². The van der Waals surface area contributed by atoms with E-state index >= 15 is 0 Å². The molecule has 1 aromatic heterocycles.